The van der Waals surface area contributed by atoms with E-state index in [1.54, 1.807) is 12.0 Å². The van der Waals surface area contributed by atoms with Crippen LogP contribution in [-0.2, 0) is 9.53 Å². The number of β-amino-alcohol motifs (C(OH)–C–C–N with tert-alkyl or cyclic N) is 1. The number of methoxy groups -OCH3 is 1. The topological polar surface area (TPSA) is 61.8 Å². The van der Waals surface area contributed by atoms with Crippen molar-refractivity contribution >= 4 is 5.91 Å². The molecule has 0 spiro atoms. The van der Waals surface area contributed by atoms with Crippen molar-refractivity contribution in [2.24, 2.45) is 0 Å². The Morgan fingerprint density at radius 2 is 2.40 bits per heavy atom. The predicted octanol–water partition coefficient (Wildman–Crippen LogP) is -1.04. The lowest BCUT2D eigenvalue weighted by molar-refractivity contribution is -0.132. The Balaban J connectivity index is 1.86. The maximum Gasteiger partial charge on any atom is 0.239 e. The third-order valence-corrected chi connectivity index (χ3v) is 3.20. The van der Waals surface area contributed by atoms with Gasteiger partial charge in [0, 0.05) is 26.7 Å². The van der Waals surface area contributed by atoms with E-state index in [-0.39, 0.29) is 24.2 Å². The summed E-state index contributed by atoms with van der Waals surface area (Å²) in [6, 6.07) is -0.125. The Kier molecular flexibility index (Phi) is 3.23. The molecule has 2 fully saturated rings. The molecule has 0 bridgehead atoms. The quantitative estimate of drug-likeness (QED) is 0.616. The molecule has 2 aliphatic heterocycles. The minimum absolute atomic E-state index is 0.103. The molecule has 3 atom stereocenters. The normalized spacial score (nSPS) is 36.1. The molecule has 2 N–H and O–H groups in total. The maximum atomic E-state index is 12.0. The second kappa shape index (κ2) is 4.47. The molecule has 0 aliphatic carbocycles. The van der Waals surface area contributed by atoms with Crippen LogP contribution in [0.4, 0.5) is 0 Å². The average molecular weight is 214 g/mol. The molecule has 0 radical (unpaired) electrons. The number of carbonyl (C=O) groups is 1. The van der Waals surface area contributed by atoms with Crippen molar-refractivity contribution in [1.29, 1.82) is 0 Å². The number of carbonyl (C=O) groups excluding carboxylic acids is 1. The number of hydrogen-bond acceptors (Lipinski definition) is 4. The monoisotopic (exact) mass is 214 g/mol. The van der Waals surface area contributed by atoms with Gasteiger partial charge in [0.1, 0.15) is 0 Å². The summed E-state index contributed by atoms with van der Waals surface area (Å²) in [5.41, 5.74) is 0. The number of hydrogen-bond donors (Lipinski definition) is 2. The fraction of sp³-hybridized carbons (Fsp3) is 0.900. The average Bonchev–Trinajstić information content (AvgIpc) is 2.84. The van der Waals surface area contributed by atoms with E-state index in [0.717, 1.165) is 13.0 Å². The van der Waals surface area contributed by atoms with E-state index < -0.39 is 0 Å². The van der Waals surface area contributed by atoms with Crippen LogP contribution in [-0.4, -0.2) is 60.9 Å². The van der Waals surface area contributed by atoms with Crippen LogP contribution in [0.1, 0.15) is 12.8 Å². The highest BCUT2D eigenvalue weighted by atomic mass is 16.5. The van der Waals surface area contributed by atoms with Crippen molar-refractivity contribution in [3.05, 3.63) is 0 Å². The zero-order valence-electron chi connectivity index (χ0n) is 8.98. The molecule has 5 nitrogen and oxygen atoms in total. The van der Waals surface area contributed by atoms with E-state index in [2.05, 4.69) is 5.32 Å². The van der Waals surface area contributed by atoms with Crippen molar-refractivity contribution in [2.45, 2.75) is 31.1 Å². The van der Waals surface area contributed by atoms with Crippen molar-refractivity contribution in [3.63, 3.8) is 0 Å². The fourth-order valence-electron chi connectivity index (χ4n) is 2.23. The first-order chi connectivity index (χ1) is 7.20. The van der Waals surface area contributed by atoms with E-state index in [1.165, 1.54) is 0 Å². The molecule has 15 heavy (non-hydrogen) atoms. The number of ether oxygens (including phenoxy) is 1. The Labute approximate surface area is 89.4 Å². The van der Waals surface area contributed by atoms with Crippen molar-refractivity contribution in [3.8, 4) is 0 Å². The highest BCUT2D eigenvalue weighted by Gasteiger charge is 2.34. The van der Waals surface area contributed by atoms with Crippen LogP contribution in [0.15, 0.2) is 0 Å². The summed E-state index contributed by atoms with van der Waals surface area (Å²) in [5.74, 6) is 0.103. The second-order valence-electron chi connectivity index (χ2n) is 4.28. The van der Waals surface area contributed by atoms with Gasteiger partial charge in [0.15, 0.2) is 0 Å². The summed E-state index contributed by atoms with van der Waals surface area (Å²) in [6.07, 6.45) is 1.24. The molecule has 0 aromatic rings. The van der Waals surface area contributed by atoms with Crippen LogP contribution < -0.4 is 5.32 Å². The van der Waals surface area contributed by atoms with Crippen LogP contribution in [0.3, 0.4) is 0 Å². The van der Waals surface area contributed by atoms with Gasteiger partial charge in [-0.25, -0.2) is 0 Å². The number of aliphatic hydroxyl groups is 1. The molecular weight excluding hydrogens is 196 g/mol. The van der Waals surface area contributed by atoms with Gasteiger partial charge in [-0.05, 0) is 12.8 Å². The van der Waals surface area contributed by atoms with E-state index >= 15 is 0 Å². The van der Waals surface area contributed by atoms with Crippen LogP contribution in [0.2, 0.25) is 0 Å². The molecule has 2 aliphatic rings. The summed E-state index contributed by atoms with van der Waals surface area (Å²) in [5, 5.41) is 12.5. The number of nitrogens with zero attached hydrogens (tertiary/aromatic N) is 1. The van der Waals surface area contributed by atoms with Crippen LogP contribution in [0, 0.1) is 0 Å². The summed E-state index contributed by atoms with van der Waals surface area (Å²) in [4.78, 5) is 13.7. The van der Waals surface area contributed by atoms with Crippen molar-refractivity contribution in [1.82, 2.24) is 10.2 Å². The van der Waals surface area contributed by atoms with Gasteiger partial charge < -0.3 is 20.1 Å². The summed E-state index contributed by atoms with van der Waals surface area (Å²) >= 11 is 0. The molecule has 5 heteroatoms. The molecule has 2 rings (SSSR count). The fourth-order valence-corrected chi connectivity index (χ4v) is 2.23. The Hall–Kier alpha value is -0.650. The Morgan fingerprint density at radius 3 is 2.93 bits per heavy atom. The van der Waals surface area contributed by atoms with E-state index in [4.69, 9.17) is 4.74 Å². The largest absolute Gasteiger partial charge is 0.391 e. The SMILES string of the molecule is COC1CNC(C(=O)N2CCC(O)C2)C1. The molecule has 0 aromatic heterocycles. The number of rotatable bonds is 2. The minimum Gasteiger partial charge on any atom is -0.391 e. The van der Waals surface area contributed by atoms with Crippen molar-refractivity contribution < 1.29 is 14.6 Å². The molecule has 0 aromatic carbocycles. The number of aliphatic hydroxyl groups excluding tert-OH is 1. The van der Waals surface area contributed by atoms with Gasteiger partial charge in [-0.1, -0.05) is 0 Å². The zero-order chi connectivity index (χ0) is 10.8. The van der Waals surface area contributed by atoms with Gasteiger partial charge in [-0.2, -0.15) is 0 Å². The second-order valence-corrected chi connectivity index (χ2v) is 4.28. The van der Waals surface area contributed by atoms with Gasteiger partial charge in [-0.15, -0.1) is 0 Å². The van der Waals surface area contributed by atoms with Crippen LogP contribution in [0.25, 0.3) is 0 Å². The van der Waals surface area contributed by atoms with Gasteiger partial charge in [0.05, 0.1) is 18.2 Å². The van der Waals surface area contributed by atoms with Gasteiger partial charge in [0.2, 0.25) is 5.91 Å². The Bertz CT molecular complexity index is 247. The highest BCUT2D eigenvalue weighted by molar-refractivity contribution is 5.82. The lowest BCUT2D eigenvalue weighted by Crippen LogP contribution is -2.42. The molecular formula is C10H18N2O3. The number of likely N-dealkylation sites (tertiary alicyclic amines) is 1. The zero-order valence-corrected chi connectivity index (χ0v) is 8.98. The van der Waals surface area contributed by atoms with Crippen LogP contribution in [0.5, 0.6) is 0 Å². The molecule has 2 heterocycles. The van der Waals surface area contributed by atoms with Crippen LogP contribution >= 0.6 is 0 Å². The van der Waals surface area contributed by atoms with E-state index in [9.17, 15) is 9.90 Å². The maximum absolute atomic E-state index is 12.0. The first-order valence-corrected chi connectivity index (χ1v) is 5.43. The lowest BCUT2D eigenvalue weighted by Gasteiger charge is -2.19. The molecule has 86 valence electrons. The molecule has 3 unspecified atom stereocenters. The summed E-state index contributed by atoms with van der Waals surface area (Å²) < 4.78 is 5.19. The van der Waals surface area contributed by atoms with Crippen molar-refractivity contribution in [2.75, 3.05) is 26.7 Å². The smallest absolute Gasteiger partial charge is 0.239 e. The summed E-state index contributed by atoms with van der Waals surface area (Å²) in [6.45, 7) is 1.90. The molecule has 2 saturated heterocycles. The Morgan fingerprint density at radius 1 is 1.60 bits per heavy atom. The lowest BCUT2D eigenvalue weighted by atomic mass is 10.2. The van der Waals surface area contributed by atoms with Gasteiger partial charge in [0.25, 0.3) is 0 Å². The third-order valence-electron chi connectivity index (χ3n) is 3.20. The van der Waals surface area contributed by atoms with Gasteiger partial charge >= 0.3 is 0 Å². The van der Waals surface area contributed by atoms with Gasteiger partial charge in [-0.3, -0.25) is 4.79 Å². The highest BCUT2D eigenvalue weighted by Crippen LogP contribution is 2.16. The number of nitrogens with one attached hydrogen (secondary N) is 1. The third kappa shape index (κ3) is 2.30. The number of amides is 1. The molecule has 0 saturated carbocycles. The van der Waals surface area contributed by atoms with E-state index in [1.807, 2.05) is 0 Å². The first-order valence-electron chi connectivity index (χ1n) is 5.43. The first kappa shape index (κ1) is 10.9. The minimum atomic E-state index is -0.339. The standard InChI is InChI=1S/C10H18N2O3/c1-15-8-4-9(11-5-8)10(14)12-3-2-7(13)6-12/h7-9,11,13H,2-6H2,1H3. The summed E-state index contributed by atoms with van der Waals surface area (Å²) in [7, 11) is 1.67. The predicted molar refractivity (Wildman–Crippen MR) is 54.4 cm³/mol. The molecule has 1 amide bonds. The van der Waals surface area contributed by atoms with E-state index in [0.29, 0.717) is 19.5 Å².